The lowest BCUT2D eigenvalue weighted by Crippen LogP contribution is -1.93. The second-order valence-corrected chi connectivity index (χ2v) is 13.7. The second kappa shape index (κ2) is 11.3. The molecule has 0 aliphatic rings. The number of benzene rings is 9. The normalized spacial score (nSPS) is 11.8. The van der Waals surface area contributed by atoms with Gasteiger partial charge in [0.2, 0.25) is 0 Å². The summed E-state index contributed by atoms with van der Waals surface area (Å²) in [7, 11) is 0. The molecule has 0 atom stereocenters. The Kier molecular flexibility index (Phi) is 6.28. The first kappa shape index (κ1) is 28.9. The van der Waals surface area contributed by atoms with Crippen LogP contribution in [0, 0.1) is 0 Å². The van der Waals surface area contributed by atoms with Gasteiger partial charge in [0.25, 0.3) is 0 Å². The maximum Gasteiger partial charge on any atom is 0.0547 e. The van der Waals surface area contributed by atoms with Crippen LogP contribution < -0.4 is 0 Å². The fraction of sp³-hybridized carbons (Fsp3) is 0. The Hall–Kier alpha value is -6.90. The van der Waals surface area contributed by atoms with E-state index in [1.54, 1.807) is 0 Å². The number of para-hydroxylation sites is 3. The predicted molar refractivity (Wildman–Crippen MR) is 221 cm³/mol. The van der Waals surface area contributed by atoms with Crippen molar-refractivity contribution in [2.45, 2.75) is 0 Å². The average molecular weight is 661 g/mol. The molecule has 0 saturated carbocycles. The van der Waals surface area contributed by atoms with Crippen molar-refractivity contribution in [2.75, 3.05) is 0 Å². The summed E-state index contributed by atoms with van der Waals surface area (Å²) in [6.07, 6.45) is 0. The number of fused-ring (bicyclic) bond motifs is 10. The third kappa shape index (κ3) is 4.31. The highest BCUT2D eigenvalue weighted by molar-refractivity contribution is 6.23. The lowest BCUT2D eigenvalue weighted by atomic mass is 9.95. The maximum atomic E-state index is 2.42. The maximum absolute atomic E-state index is 2.42. The van der Waals surface area contributed by atoms with E-state index in [0.29, 0.717) is 0 Å². The first-order chi connectivity index (χ1) is 25.8. The van der Waals surface area contributed by atoms with Gasteiger partial charge in [-0.05, 0) is 104 Å². The van der Waals surface area contributed by atoms with Crippen LogP contribution in [0.15, 0.2) is 194 Å². The molecule has 0 unspecified atom stereocenters. The zero-order chi connectivity index (χ0) is 34.2. The molecule has 2 aromatic heterocycles. The highest BCUT2D eigenvalue weighted by atomic mass is 15.0. The van der Waals surface area contributed by atoms with Crippen LogP contribution in [0.25, 0.3) is 98.8 Å². The van der Waals surface area contributed by atoms with Gasteiger partial charge in [-0.2, -0.15) is 0 Å². The third-order valence-corrected chi connectivity index (χ3v) is 10.9. The van der Waals surface area contributed by atoms with Crippen LogP contribution in [0.3, 0.4) is 0 Å². The molecule has 0 fully saturated rings. The SMILES string of the molecule is c1ccc(-c2ccc(-n3c4ccccc4c4c5cc(-c6ccc7ccc8c(c7c6)c6ccccc6n8-c6ccccc6)ccc5ccc43)cc2)cc1. The van der Waals surface area contributed by atoms with Crippen LogP contribution in [-0.2, 0) is 0 Å². The van der Waals surface area contributed by atoms with E-state index in [2.05, 4.69) is 203 Å². The molecule has 2 nitrogen and oxygen atoms in total. The molecule has 2 heterocycles. The lowest BCUT2D eigenvalue weighted by molar-refractivity contribution is 1.18. The van der Waals surface area contributed by atoms with Gasteiger partial charge in [-0.15, -0.1) is 0 Å². The molecule has 11 rings (SSSR count). The molecule has 0 aliphatic heterocycles. The molecule has 9 aromatic carbocycles. The summed E-state index contributed by atoms with van der Waals surface area (Å²) in [5.74, 6) is 0. The van der Waals surface area contributed by atoms with Crippen molar-refractivity contribution < 1.29 is 0 Å². The second-order valence-electron chi connectivity index (χ2n) is 13.7. The Labute approximate surface area is 301 Å². The van der Waals surface area contributed by atoms with E-state index in [9.17, 15) is 0 Å². The van der Waals surface area contributed by atoms with Crippen molar-refractivity contribution in [3.63, 3.8) is 0 Å². The van der Waals surface area contributed by atoms with Crippen LogP contribution >= 0.6 is 0 Å². The van der Waals surface area contributed by atoms with Crippen LogP contribution in [0.2, 0.25) is 0 Å². The molecule has 0 aliphatic carbocycles. The first-order valence-electron chi connectivity index (χ1n) is 17.9. The molecule has 11 aromatic rings. The van der Waals surface area contributed by atoms with Crippen molar-refractivity contribution in [1.82, 2.24) is 9.13 Å². The zero-order valence-electron chi connectivity index (χ0n) is 28.4. The summed E-state index contributed by atoms with van der Waals surface area (Å²) in [6, 6.07) is 70.9. The highest BCUT2D eigenvalue weighted by Crippen LogP contribution is 2.41. The molecule has 0 amide bonds. The van der Waals surface area contributed by atoms with Gasteiger partial charge in [0, 0.05) is 32.9 Å². The third-order valence-electron chi connectivity index (χ3n) is 10.9. The molecule has 0 spiro atoms. The fourth-order valence-electron chi connectivity index (χ4n) is 8.50. The van der Waals surface area contributed by atoms with Gasteiger partial charge in [-0.1, -0.05) is 133 Å². The summed E-state index contributed by atoms with van der Waals surface area (Å²) in [6.45, 7) is 0. The summed E-state index contributed by atoms with van der Waals surface area (Å²) in [5.41, 5.74) is 12.1. The first-order valence-corrected chi connectivity index (χ1v) is 17.9. The van der Waals surface area contributed by atoms with Crippen LogP contribution in [0.5, 0.6) is 0 Å². The number of hydrogen-bond donors (Lipinski definition) is 0. The van der Waals surface area contributed by atoms with E-state index in [1.165, 1.54) is 93.1 Å². The Balaban J connectivity index is 1.11. The lowest BCUT2D eigenvalue weighted by Gasteiger charge is -2.11. The number of rotatable bonds is 4. The van der Waals surface area contributed by atoms with Crippen molar-refractivity contribution >= 4 is 65.2 Å². The Morgan fingerprint density at radius 3 is 1.19 bits per heavy atom. The van der Waals surface area contributed by atoms with Crippen molar-refractivity contribution in [2.24, 2.45) is 0 Å². The highest BCUT2D eigenvalue weighted by Gasteiger charge is 2.17. The molecular weight excluding hydrogens is 629 g/mol. The van der Waals surface area contributed by atoms with E-state index in [-0.39, 0.29) is 0 Å². The van der Waals surface area contributed by atoms with Crippen molar-refractivity contribution in [3.05, 3.63) is 194 Å². The molecule has 52 heavy (non-hydrogen) atoms. The van der Waals surface area contributed by atoms with Crippen LogP contribution in [-0.4, -0.2) is 9.13 Å². The zero-order valence-corrected chi connectivity index (χ0v) is 28.4. The van der Waals surface area contributed by atoms with Crippen LogP contribution in [0.4, 0.5) is 0 Å². The van der Waals surface area contributed by atoms with Gasteiger partial charge in [0.1, 0.15) is 0 Å². The molecule has 2 heteroatoms. The molecule has 242 valence electrons. The van der Waals surface area contributed by atoms with E-state index < -0.39 is 0 Å². The predicted octanol–water partition coefficient (Wildman–Crippen LogP) is 13.5. The smallest absolute Gasteiger partial charge is 0.0547 e. The minimum atomic E-state index is 1.16. The van der Waals surface area contributed by atoms with E-state index in [4.69, 9.17) is 0 Å². The fourth-order valence-corrected chi connectivity index (χ4v) is 8.50. The Bertz CT molecular complexity index is 3150. The Morgan fingerprint density at radius 2 is 0.654 bits per heavy atom. The van der Waals surface area contributed by atoms with Crippen molar-refractivity contribution in [3.8, 4) is 33.6 Å². The monoisotopic (exact) mass is 660 g/mol. The topological polar surface area (TPSA) is 9.86 Å². The minimum absolute atomic E-state index is 1.16. The van der Waals surface area contributed by atoms with Crippen molar-refractivity contribution in [1.29, 1.82) is 0 Å². The van der Waals surface area contributed by atoms with Gasteiger partial charge in [0.05, 0.1) is 22.1 Å². The molecule has 0 saturated heterocycles. The van der Waals surface area contributed by atoms with E-state index >= 15 is 0 Å². The molecule has 0 bridgehead atoms. The van der Waals surface area contributed by atoms with Gasteiger partial charge in [-0.3, -0.25) is 0 Å². The largest absolute Gasteiger partial charge is 0.309 e. The van der Waals surface area contributed by atoms with Gasteiger partial charge >= 0.3 is 0 Å². The summed E-state index contributed by atoms with van der Waals surface area (Å²) in [4.78, 5) is 0. The van der Waals surface area contributed by atoms with Crippen LogP contribution in [0.1, 0.15) is 0 Å². The summed E-state index contributed by atoms with van der Waals surface area (Å²) in [5, 5.41) is 10.2. The average Bonchev–Trinajstić information content (AvgIpc) is 3.75. The summed E-state index contributed by atoms with van der Waals surface area (Å²) >= 11 is 0. The minimum Gasteiger partial charge on any atom is -0.309 e. The number of nitrogens with zero attached hydrogens (tertiary/aromatic N) is 2. The number of aromatic nitrogens is 2. The quantitative estimate of drug-likeness (QED) is 0.178. The molecule has 0 radical (unpaired) electrons. The van der Waals surface area contributed by atoms with Gasteiger partial charge in [-0.25, -0.2) is 0 Å². The standard InChI is InChI=1S/C50H32N2/c1-3-11-33(12-4-1)34-23-27-40(28-24-34)52-46-18-10-8-16-42(46)50-44-32-38(22-20-36(44)26-30-48(50)52)37-21-19-35-25-29-47-49(43(35)31-37)41-15-7-9-17-45(41)51(47)39-13-5-2-6-14-39/h1-32H. The number of hydrogen-bond acceptors (Lipinski definition) is 0. The Morgan fingerprint density at radius 1 is 0.250 bits per heavy atom. The van der Waals surface area contributed by atoms with E-state index in [0.717, 1.165) is 5.69 Å². The summed E-state index contributed by atoms with van der Waals surface area (Å²) < 4.78 is 4.81. The molecule has 0 N–H and O–H groups in total. The van der Waals surface area contributed by atoms with Gasteiger partial charge < -0.3 is 9.13 Å². The molecular formula is C50H32N2. The van der Waals surface area contributed by atoms with Gasteiger partial charge in [0.15, 0.2) is 0 Å². The van der Waals surface area contributed by atoms with E-state index in [1.807, 2.05) is 0 Å².